The van der Waals surface area contributed by atoms with Crippen LogP contribution >= 0.6 is 0 Å². The topological polar surface area (TPSA) is 75.8 Å². The maximum Gasteiger partial charge on any atom is 0.252 e. The Balaban J connectivity index is 2.51. The van der Waals surface area contributed by atoms with Gasteiger partial charge in [0.25, 0.3) is 5.91 Å². The first-order valence-corrected chi connectivity index (χ1v) is 5.84. The van der Waals surface area contributed by atoms with Gasteiger partial charge in [0.05, 0.1) is 7.11 Å². The van der Waals surface area contributed by atoms with E-state index in [-0.39, 0.29) is 12.5 Å². The quantitative estimate of drug-likeness (QED) is 0.748. The Morgan fingerprint density at radius 2 is 2.28 bits per heavy atom. The Hall–Kier alpha value is -1.59. The highest BCUT2D eigenvalue weighted by Gasteiger charge is 2.17. The lowest BCUT2D eigenvalue weighted by molar-refractivity contribution is -0.138. The zero-order valence-electron chi connectivity index (χ0n) is 10.8. The summed E-state index contributed by atoms with van der Waals surface area (Å²) >= 11 is 0. The molecule has 0 radical (unpaired) electrons. The third-order valence-corrected chi connectivity index (χ3v) is 2.75. The highest BCUT2D eigenvalue weighted by molar-refractivity contribution is 5.80. The Morgan fingerprint density at radius 1 is 1.56 bits per heavy atom. The molecule has 0 bridgehead atoms. The molecule has 0 saturated carbocycles. The van der Waals surface area contributed by atoms with Crippen LogP contribution < -0.4 is 10.5 Å². The van der Waals surface area contributed by atoms with E-state index in [1.54, 1.807) is 14.2 Å². The van der Waals surface area contributed by atoms with E-state index in [1.165, 1.54) is 4.90 Å². The number of rotatable bonds is 6. The van der Waals surface area contributed by atoms with E-state index in [1.807, 2.05) is 24.3 Å². The average Bonchev–Trinajstić information content (AvgIpc) is 2.43. The summed E-state index contributed by atoms with van der Waals surface area (Å²) in [6, 6.07) is 7.68. The standard InChI is InChI=1S/C13H20N2O3/c1-15(13(17)12(16)9-14)7-6-10-4-3-5-11(8-10)18-2/h3-5,8,12,16H,6-7,9,14H2,1-2H3. The molecule has 1 aromatic rings. The van der Waals surface area contributed by atoms with Crippen LogP contribution in [0.5, 0.6) is 5.75 Å². The molecule has 0 aliphatic heterocycles. The second-order valence-electron chi connectivity index (χ2n) is 4.11. The van der Waals surface area contributed by atoms with Gasteiger partial charge in [-0.2, -0.15) is 0 Å². The van der Waals surface area contributed by atoms with E-state index in [4.69, 9.17) is 10.5 Å². The number of carbonyl (C=O) groups is 1. The fourth-order valence-electron chi connectivity index (χ4n) is 1.59. The monoisotopic (exact) mass is 252 g/mol. The first-order valence-electron chi connectivity index (χ1n) is 5.84. The van der Waals surface area contributed by atoms with Gasteiger partial charge in [0.1, 0.15) is 11.9 Å². The minimum atomic E-state index is -1.11. The molecule has 0 saturated heterocycles. The molecule has 5 nitrogen and oxygen atoms in total. The van der Waals surface area contributed by atoms with Gasteiger partial charge < -0.3 is 20.5 Å². The van der Waals surface area contributed by atoms with Gasteiger partial charge in [-0.3, -0.25) is 4.79 Å². The van der Waals surface area contributed by atoms with E-state index in [0.29, 0.717) is 13.0 Å². The van der Waals surface area contributed by atoms with Crippen molar-refractivity contribution in [3.8, 4) is 5.75 Å². The second kappa shape index (κ2) is 6.98. The van der Waals surface area contributed by atoms with Crippen LogP contribution in [-0.4, -0.2) is 49.3 Å². The first-order chi connectivity index (χ1) is 8.58. The molecule has 0 aliphatic carbocycles. The van der Waals surface area contributed by atoms with Gasteiger partial charge in [-0.15, -0.1) is 0 Å². The largest absolute Gasteiger partial charge is 0.497 e. The van der Waals surface area contributed by atoms with Crippen LogP contribution in [0, 0.1) is 0 Å². The number of aliphatic hydroxyl groups is 1. The zero-order valence-corrected chi connectivity index (χ0v) is 10.8. The highest BCUT2D eigenvalue weighted by Crippen LogP contribution is 2.13. The van der Waals surface area contributed by atoms with Gasteiger partial charge in [0.2, 0.25) is 0 Å². The number of hydrogen-bond donors (Lipinski definition) is 2. The van der Waals surface area contributed by atoms with Crippen molar-refractivity contribution >= 4 is 5.91 Å². The zero-order chi connectivity index (χ0) is 13.5. The number of likely N-dealkylation sites (N-methyl/N-ethyl adjacent to an activating group) is 1. The van der Waals surface area contributed by atoms with Gasteiger partial charge in [0, 0.05) is 20.1 Å². The Kier molecular flexibility index (Phi) is 5.61. The molecule has 3 N–H and O–H groups in total. The maximum absolute atomic E-state index is 11.6. The molecule has 1 unspecified atom stereocenters. The molecule has 1 atom stereocenters. The van der Waals surface area contributed by atoms with Crippen LogP contribution in [0.4, 0.5) is 0 Å². The lowest BCUT2D eigenvalue weighted by atomic mass is 10.1. The summed E-state index contributed by atoms with van der Waals surface area (Å²) < 4.78 is 5.13. The molecule has 100 valence electrons. The lowest BCUT2D eigenvalue weighted by Gasteiger charge is -2.19. The SMILES string of the molecule is COc1cccc(CCN(C)C(=O)C(O)CN)c1. The van der Waals surface area contributed by atoms with Crippen molar-refractivity contribution in [3.05, 3.63) is 29.8 Å². The average molecular weight is 252 g/mol. The molecule has 0 spiro atoms. The molecule has 0 fully saturated rings. The number of hydrogen-bond acceptors (Lipinski definition) is 4. The molecule has 18 heavy (non-hydrogen) atoms. The third-order valence-electron chi connectivity index (χ3n) is 2.75. The van der Waals surface area contributed by atoms with Gasteiger partial charge in [0.15, 0.2) is 0 Å². The van der Waals surface area contributed by atoms with Crippen molar-refractivity contribution in [3.63, 3.8) is 0 Å². The highest BCUT2D eigenvalue weighted by atomic mass is 16.5. The Morgan fingerprint density at radius 3 is 2.89 bits per heavy atom. The van der Waals surface area contributed by atoms with E-state index in [2.05, 4.69) is 0 Å². The van der Waals surface area contributed by atoms with Crippen LogP contribution in [0.3, 0.4) is 0 Å². The molecule has 0 aliphatic rings. The van der Waals surface area contributed by atoms with Crippen LogP contribution in [0.25, 0.3) is 0 Å². The first kappa shape index (κ1) is 14.5. The molecular formula is C13H20N2O3. The van der Waals surface area contributed by atoms with Crippen molar-refractivity contribution in [1.29, 1.82) is 0 Å². The van der Waals surface area contributed by atoms with Crippen molar-refractivity contribution in [1.82, 2.24) is 4.90 Å². The van der Waals surface area contributed by atoms with Crippen molar-refractivity contribution in [2.75, 3.05) is 27.2 Å². The van der Waals surface area contributed by atoms with Gasteiger partial charge >= 0.3 is 0 Å². The molecule has 5 heteroatoms. The van der Waals surface area contributed by atoms with Gasteiger partial charge in [-0.1, -0.05) is 12.1 Å². The normalized spacial score (nSPS) is 12.0. The van der Waals surface area contributed by atoms with E-state index < -0.39 is 6.10 Å². The van der Waals surface area contributed by atoms with E-state index in [9.17, 15) is 9.90 Å². The predicted octanol–water partition coefficient (Wildman–Crippen LogP) is 0.0157. The summed E-state index contributed by atoms with van der Waals surface area (Å²) in [7, 11) is 3.27. The molecule has 1 rings (SSSR count). The van der Waals surface area contributed by atoms with Gasteiger partial charge in [-0.25, -0.2) is 0 Å². The van der Waals surface area contributed by atoms with Crippen LogP contribution in [0.2, 0.25) is 0 Å². The minimum absolute atomic E-state index is 0.0532. The number of methoxy groups -OCH3 is 1. The summed E-state index contributed by atoms with van der Waals surface area (Å²) in [4.78, 5) is 13.1. The molecule has 0 heterocycles. The second-order valence-corrected chi connectivity index (χ2v) is 4.11. The summed E-state index contributed by atoms with van der Waals surface area (Å²) in [6.45, 7) is 0.478. The summed E-state index contributed by atoms with van der Waals surface area (Å²) in [5, 5.41) is 9.34. The lowest BCUT2D eigenvalue weighted by Crippen LogP contribution is -2.41. The number of aliphatic hydroxyl groups excluding tert-OH is 1. The van der Waals surface area contributed by atoms with Crippen molar-refractivity contribution < 1.29 is 14.6 Å². The maximum atomic E-state index is 11.6. The number of benzene rings is 1. The summed E-state index contributed by atoms with van der Waals surface area (Å²) in [5.41, 5.74) is 6.32. The van der Waals surface area contributed by atoms with Crippen LogP contribution in [-0.2, 0) is 11.2 Å². The molecule has 1 amide bonds. The van der Waals surface area contributed by atoms with Crippen LogP contribution in [0.1, 0.15) is 5.56 Å². The Labute approximate surface area is 107 Å². The molecule has 1 aromatic carbocycles. The van der Waals surface area contributed by atoms with Gasteiger partial charge in [-0.05, 0) is 24.1 Å². The van der Waals surface area contributed by atoms with E-state index >= 15 is 0 Å². The Bertz CT molecular complexity index is 396. The smallest absolute Gasteiger partial charge is 0.252 e. The number of amides is 1. The van der Waals surface area contributed by atoms with Crippen molar-refractivity contribution in [2.24, 2.45) is 5.73 Å². The number of nitrogens with two attached hydrogens (primary N) is 1. The summed E-state index contributed by atoms with van der Waals surface area (Å²) in [6.07, 6.45) is -0.406. The van der Waals surface area contributed by atoms with Crippen LogP contribution in [0.15, 0.2) is 24.3 Å². The molecule has 0 aromatic heterocycles. The van der Waals surface area contributed by atoms with Crippen molar-refractivity contribution in [2.45, 2.75) is 12.5 Å². The predicted molar refractivity (Wildman–Crippen MR) is 69.4 cm³/mol. The number of nitrogens with zero attached hydrogens (tertiary/aromatic N) is 1. The number of ether oxygens (including phenoxy) is 1. The fourth-order valence-corrected chi connectivity index (χ4v) is 1.59. The fraction of sp³-hybridized carbons (Fsp3) is 0.462. The third kappa shape index (κ3) is 4.01. The van der Waals surface area contributed by atoms with E-state index in [0.717, 1.165) is 11.3 Å². The number of carbonyl (C=O) groups excluding carboxylic acids is 1. The minimum Gasteiger partial charge on any atom is -0.497 e. The summed E-state index contributed by atoms with van der Waals surface area (Å²) in [5.74, 6) is 0.448. The molecular weight excluding hydrogens is 232 g/mol.